The topological polar surface area (TPSA) is 80.7 Å². The van der Waals surface area contributed by atoms with E-state index < -0.39 is 12.0 Å². The summed E-state index contributed by atoms with van der Waals surface area (Å²) < 4.78 is 16.2. The molecular weight excluding hydrogens is 430 g/mol. The molecule has 1 fully saturated rings. The highest BCUT2D eigenvalue weighted by atomic mass is 32.2. The van der Waals surface area contributed by atoms with Crippen LogP contribution in [0.2, 0.25) is 0 Å². The van der Waals surface area contributed by atoms with Crippen LogP contribution in [-0.4, -0.2) is 67.4 Å². The van der Waals surface area contributed by atoms with Gasteiger partial charge in [-0.2, -0.15) is 0 Å². The molecule has 0 radical (unpaired) electrons. The van der Waals surface area contributed by atoms with Crippen LogP contribution in [0.25, 0.3) is 0 Å². The molecule has 0 bridgehead atoms. The molecule has 1 saturated heterocycles. The number of methoxy groups -OCH3 is 2. The van der Waals surface area contributed by atoms with E-state index in [1.54, 1.807) is 7.11 Å². The molecule has 170 valence electrons. The Morgan fingerprint density at radius 3 is 2.66 bits per heavy atom. The van der Waals surface area contributed by atoms with Gasteiger partial charge in [-0.15, -0.1) is 0 Å². The van der Waals surface area contributed by atoms with Crippen LogP contribution in [0.3, 0.4) is 0 Å². The number of hydrogen-bond donors (Lipinski definition) is 0. The van der Waals surface area contributed by atoms with E-state index in [4.69, 9.17) is 19.2 Å². The average Bonchev–Trinajstić information content (AvgIpc) is 3.24. The number of para-hydroxylation sites is 1. The Balaban J connectivity index is 1.75. The fraction of sp³-hybridized carbons (Fsp3) is 0.435. The second kappa shape index (κ2) is 9.79. The third-order valence-electron chi connectivity index (χ3n) is 5.76. The predicted molar refractivity (Wildman–Crippen MR) is 122 cm³/mol. The highest BCUT2D eigenvalue weighted by Crippen LogP contribution is 2.47. The summed E-state index contributed by atoms with van der Waals surface area (Å²) in [7, 11) is 2.98. The van der Waals surface area contributed by atoms with Gasteiger partial charge in [0, 0.05) is 24.4 Å². The number of amidine groups is 1. The number of allylic oxidation sites excluding steroid dienone is 1. The van der Waals surface area contributed by atoms with Crippen LogP contribution >= 0.6 is 11.8 Å². The highest BCUT2D eigenvalue weighted by Gasteiger charge is 2.42. The summed E-state index contributed by atoms with van der Waals surface area (Å²) in [4.78, 5) is 34.5. The average molecular weight is 458 g/mol. The number of carbonyl (C=O) groups excluding carboxylic acids is 2. The van der Waals surface area contributed by atoms with Crippen molar-refractivity contribution in [1.29, 1.82) is 0 Å². The van der Waals surface area contributed by atoms with Gasteiger partial charge in [0.15, 0.2) is 5.17 Å². The van der Waals surface area contributed by atoms with Crippen LogP contribution in [0.1, 0.15) is 31.4 Å². The van der Waals surface area contributed by atoms with Crippen LogP contribution in [0.5, 0.6) is 5.75 Å². The molecule has 0 saturated carbocycles. The van der Waals surface area contributed by atoms with Crippen LogP contribution in [0.4, 0.5) is 0 Å². The Kier molecular flexibility index (Phi) is 6.86. The molecule has 9 heteroatoms. The van der Waals surface area contributed by atoms with Crippen molar-refractivity contribution < 1.29 is 23.8 Å². The molecule has 3 aliphatic heterocycles. The number of amides is 1. The van der Waals surface area contributed by atoms with Gasteiger partial charge in [-0.25, -0.2) is 9.79 Å². The molecule has 8 nitrogen and oxygen atoms in total. The zero-order valence-corrected chi connectivity index (χ0v) is 19.3. The van der Waals surface area contributed by atoms with Gasteiger partial charge in [-0.1, -0.05) is 36.9 Å². The minimum Gasteiger partial charge on any atom is -0.496 e. The number of fused-ring (bicyclic) bond motifs is 1. The molecule has 0 aliphatic carbocycles. The van der Waals surface area contributed by atoms with Crippen molar-refractivity contribution in [2.75, 3.05) is 40.5 Å². The minimum atomic E-state index is -0.500. The van der Waals surface area contributed by atoms with Crippen molar-refractivity contribution in [2.24, 2.45) is 4.99 Å². The number of morpholine rings is 1. The second-order valence-corrected chi connectivity index (χ2v) is 8.35. The maximum atomic E-state index is 13.0. The molecule has 3 aliphatic rings. The number of thioether (sulfide) groups is 1. The molecular formula is C23H27N3O5S. The number of rotatable bonds is 6. The van der Waals surface area contributed by atoms with E-state index in [9.17, 15) is 9.59 Å². The van der Waals surface area contributed by atoms with Gasteiger partial charge >= 0.3 is 5.97 Å². The van der Waals surface area contributed by atoms with Gasteiger partial charge in [-0.05, 0) is 17.9 Å². The maximum absolute atomic E-state index is 13.0. The van der Waals surface area contributed by atoms with Crippen molar-refractivity contribution in [3.8, 4) is 5.75 Å². The SMILES string of the molecule is CCC1=C(C(=O)OC)[C@H](c2ccccc2OC)N2C(CC(=O)N3CCOCC3)=CSC2=N1. The lowest BCUT2D eigenvalue weighted by atomic mass is 9.92. The lowest BCUT2D eigenvalue weighted by Crippen LogP contribution is -2.42. The Bertz CT molecular complexity index is 997. The van der Waals surface area contributed by atoms with E-state index in [2.05, 4.69) is 0 Å². The predicted octanol–water partition coefficient (Wildman–Crippen LogP) is 3.08. The zero-order valence-electron chi connectivity index (χ0n) is 18.5. The maximum Gasteiger partial charge on any atom is 0.338 e. The van der Waals surface area contributed by atoms with E-state index in [-0.39, 0.29) is 12.3 Å². The summed E-state index contributed by atoms with van der Waals surface area (Å²) in [5.41, 5.74) is 2.77. The van der Waals surface area contributed by atoms with E-state index >= 15 is 0 Å². The smallest absolute Gasteiger partial charge is 0.338 e. The number of aliphatic imine (C=N–C) groups is 1. The first kappa shape index (κ1) is 22.4. The molecule has 0 aromatic heterocycles. The zero-order chi connectivity index (χ0) is 22.7. The Labute approximate surface area is 191 Å². The molecule has 1 aromatic carbocycles. The molecule has 1 amide bonds. The number of ether oxygens (including phenoxy) is 3. The molecule has 4 rings (SSSR count). The third kappa shape index (κ3) is 4.14. The molecule has 0 unspecified atom stereocenters. The first-order valence-electron chi connectivity index (χ1n) is 10.6. The van der Waals surface area contributed by atoms with Crippen molar-refractivity contribution in [3.63, 3.8) is 0 Å². The summed E-state index contributed by atoms with van der Waals surface area (Å²) in [6, 6.07) is 7.11. The fourth-order valence-corrected chi connectivity index (χ4v) is 5.12. The van der Waals surface area contributed by atoms with Crippen molar-refractivity contribution >= 4 is 28.8 Å². The second-order valence-electron chi connectivity index (χ2n) is 7.51. The normalized spacial score (nSPS) is 20.5. The minimum absolute atomic E-state index is 0.0325. The van der Waals surface area contributed by atoms with Crippen molar-refractivity contribution in [1.82, 2.24) is 9.80 Å². The summed E-state index contributed by atoms with van der Waals surface area (Å²) in [6.45, 7) is 4.24. The lowest BCUT2D eigenvalue weighted by molar-refractivity contribution is -0.136. The summed E-state index contributed by atoms with van der Waals surface area (Å²) in [6.07, 6.45) is 0.795. The Morgan fingerprint density at radius 2 is 1.97 bits per heavy atom. The molecule has 1 atom stereocenters. The summed E-state index contributed by atoms with van der Waals surface area (Å²) in [5, 5.41) is 2.70. The van der Waals surface area contributed by atoms with Crippen LogP contribution in [0, 0.1) is 0 Å². The van der Waals surface area contributed by atoms with Crippen molar-refractivity contribution in [3.05, 3.63) is 52.2 Å². The van der Waals surface area contributed by atoms with Crippen LogP contribution < -0.4 is 4.74 Å². The number of esters is 1. The Morgan fingerprint density at radius 1 is 1.22 bits per heavy atom. The highest BCUT2D eigenvalue weighted by molar-refractivity contribution is 8.16. The van der Waals surface area contributed by atoms with E-state index in [0.29, 0.717) is 49.7 Å². The van der Waals surface area contributed by atoms with Crippen LogP contribution in [-0.2, 0) is 19.1 Å². The van der Waals surface area contributed by atoms with Gasteiger partial charge in [0.1, 0.15) is 5.75 Å². The fourth-order valence-electron chi connectivity index (χ4n) is 4.18. The lowest BCUT2D eigenvalue weighted by Gasteiger charge is -2.37. The standard InChI is InChI=1S/C23H27N3O5S/c1-4-17-20(22(28)30-3)21(16-7-5-6-8-18(16)29-2)26-15(14-32-23(26)24-17)13-19(27)25-9-11-31-12-10-25/h5-8,14,21H,4,9-13H2,1-3H3/t21-/m0/s1. The van der Waals surface area contributed by atoms with Gasteiger partial charge in [-0.3, -0.25) is 4.79 Å². The van der Waals surface area contributed by atoms with Gasteiger partial charge in [0.2, 0.25) is 5.91 Å². The molecule has 1 aromatic rings. The number of carbonyl (C=O) groups is 2. The van der Waals surface area contributed by atoms with Gasteiger partial charge < -0.3 is 24.0 Å². The molecule has 3 heterocycles. The van der Waals surface area contributed by atoms with E-state index in [1.165, 1.54) is 18.9 Å². The monoisotopic (exact) mass is 457 g/mol. The number of benzene rings is 1. The first-order chi connectivity index (χ1) is 15.6. The van der Waals surface area contributed by atoms with E-state index in [1.807, 2.05) is 46.4 Å². The van der Waals surface area contributed by atoms with Gasteiger partial charge in [0.25, 0.3) is 0 Å². The molecule has 32 heavy (non-hydrogen) atoms. The van der Waals surface area contributed by atoms with Crippen LogP contribution in [0.15, 0.2) is 51.6 Å². The summed E-state index contributed by atoms with van der Waals surface area (Å²) in [5.74, 6) is 0.257. The quantitative estimate of drug-likeness (QED) is 0.607. The molecule has 0 spiro atoms. The summed E-state index contributed by atoms with van der Waals surface area (Å²) >= 11 is 1.47. The molecule has 0 N–H and O–H groups in total. The number of nitrogens with zero attached hydrogens (tertiary/aromatic N) is 3. The van der Waals surface area contributed by atoms with Gasteiger partial charge in [0.05, 0.1) is 51.2 Å². The third-order valence-corrected chi connectivity index (χ3v) is 6.65. The van der Waals surface area contributed by atoms with E-state index in [0.717, 1.165) is 16.4 Å². The largest absolute Gasteiger partial charge is 0.496 e. The van der Waals surface area contributed by atoms with Crippen molar-refractivity contribution in [2.45, 2.75) is 25.8 Å². The number of hydrogen-bond acceptors (Lipinski definition) is 8. The first-order valence-corrected chi connectivity index (χ1v) is 11.5. The Hall–Kier alpha value is -2.78.